The maximum atomic E-state index is 13.4. The minimum Gasteiger partial charge on any atom is -0.497 e. The molecular weight excluding hydrogens is 376 g/mol. The zero-order valence-corrected chi connectivity index (χ0v) is 16.4. The average molecular weight is 399 g/mol. The second kappa shape index (κ2) is 7.45. The highest BCUT2D eigenvalue weighted by atomic mass is 35.5. The van der Waals surface area contributed by atoms with E-state index in [9.17, 15) is 4.79 Å². The number of benzene rings is 1. The molecule has 0 bridgehead atoms. The van der Waals surface area contributed by atoms with Crippen LogP contribution in [0.1, 0.15) is 22.1 Å². The molecule has 3 aromatic rings. The summed E-state index contributed by atoms with van der Waals surface area (Å²) in [6.07, 6.45) is 1.85. The van der Waals surface area contributed by atoms with Crippen molar-refractivity contribution in [2.75, 3.05) is 26.7 Å². The van der Waals surface area contributed by atoms with Crippen molar-refractivity contribution in [2.24, 2.45) is 11.8 Å². The lowest BCUT2D eigenvalue weighted by Crippen LogP contribution is -2.35. The van der Waals surface area contributed by atoms with Crippen LogP contribution in [0.2, 0.25) is 0 Å². The van der Waals surface area contributed by atoms with Crippen molar-refractivity contribution in [3.63, 3.8) is 0 Å². The molecule has 2 aliphatic rings. The van der Waals surface area contributed by atoms with Crippen LogP contribution in [-0.4, -0.2) is 47.5 Å². The van der Waals surface area contributed by atoms with Gasteiger partial charge in [-0.2, -0.15) is 0 Å². The average Bonchev–Trinajstić information content (AvgIpc) is 3.42. The molecule has 7 heteroatoms. The fraction of sp³-hybridized carbons (Fsp3) is 0.333. The van der Waals surface area contributed by atoms with Gasteiger partial charge in [-0.3, -0.25) is 4.79 Å². The summed E-state index contributed by atoms with van der Waals surface area (Å²) < 4.78 is 5.29. The molecule has 6 nitrogen and oxygen atoms in total. The van der Waals surface area contributed by atoms with Crippen LogP contribution in [0.4, 0.5) is 0 Å². The Bertz CT molecular complexity index is 987. The predicted molar refractivity (Wildman–Crippen MR) is 110 cm³/mol. The zero-order chi connectivity index (χ0) is 18.4. The third kappa shape index (κ3) is 3.02. The second-order valence-corrected chi connectivity index (χ2v) is 7.37. The Labute approximate surface area is 169 Å². The number of carbonyl (C=O) groups is 1. The molecule has 5 rings (SSSR count). The number of amides is 1. The van der Waals surface area contributed by atoms with Gasteiger partial charge in [-0.05, 0) is 41.8 Å². The van der Waals surface area contributed by atoms with Gasteiger partial charge in [0.1, 0.15) is 17.1 Å². The summed E-state index contributed by atoms with van der Waals surface area (Å²) >= 11 is 0. The number of aromatic nitrogens is 2. The first kappa shape index (κ1) is 18.8. The summed E-state index contributed by atoms with van der Waals surface area (Å²) in [6.45, 7) is 2.66. The van der Waals surface area contributed by atoms with Crippen LogP contribution in [0.3, 0.4) is 0 Å². The number of carbonyl (C=O) groups excluding carboxylic acids is 1. The molecule has 0 spiro atoms. The third-order valence-electron chi connectivity index (χ3n) is 5.91. The van der Waals surface area contributed by atoms with E-state index in [0.29, 0.717) is 17.5 Å². The summed E-state index contributed by atoms with van der Waals surface area (Å²) in [7, 11) is 1.67. The summed E-state index contributed by atoms with van der Waals surface area (Å²) in [5.74, 6) is 1.74. The van der Waals surface area contributed by atoms with Crippen molar-refractivity contribution in [1.29, 1.82) is 0 Å². The van der Waals surface area contributed by atoms with Gasteiger partial charge in [0, 0.05) is 37.1 Å². The molecule has 2 fully saturated rings. The summed E-state index contributed by atoms with van der Waals surface area (Å²) in [6, 6.07) is 13.9. The van der Waals surface area contributed by atoms with Crippen LogP contribution in [0.5, 0.6) is 5.75 Å². The molecule has 3 atom stereocenters. The Morgan fingerprint density at radius 1 is 1.14 bits per heavy atom. The lowest BCUT2D eigenvalue weighted by molar-refractivity contribution is 0.0708. The van der Waals surface area contributed by atoms with Gasteiger partial charge in [0.25, 0.3) is 5.91 Å². The molecule has 146 valence electrons. The van der Waals surface area contributed by atoms with Gasteiger partial charge in [-0.1, -0.05) is 12.1 Å². The normalized spacial score (nSPS) is 23.5. The summed E-state index contributed by atoms with van der Waals surface area (Å²) in [4.78, 5) is 23.0. The quantitative estimate of drug-likeness (QED) is 0.711. The molecule has 2 aliphatic heterocycles. The third-order valence-corrected chi connectivity index (χ3v) is 5.91. The van der Waals surface area contributed by atoms with E-state index in [0.717, 1.165) is 42.0 Å². The number of hydrogen-bond acceptors (Lipinski definition) is 4. The van der Waals surface area contributed by atoms with E-state index >= 15 is 0 Å². The zero-order valence-electron chi connectivity index (χ0n) is 15.6. The van der Waals surface area contributed by atoms with E-state index in [1.807, 2.05) is 41.4 Å². The Balaban J connectivity index is 0.00000192. The van der Waals surface area contributed by atoms with Crippen molar-refractivity contribution >= 4 is 29.3 Å². The highest BCUT2D eigenvalue weighted by molar-refractivity contribution is 5.95. The maximum absolute atomic E-state index is 13.4. The van der Waals surface area contributed by atoms with Crippen LogP contribution in [0, 0.1) is 11.8 Å². The van der Waals surface area contributed by atoms with E-state index in [1.54, 1.807) is 7.11 Å². The lowest BCUT2D eigenvalue weighted by atomic mass is 9.89. The smallest absolute Gasteiger partial charge is 0.273 e. The number of hydrogen-bond donors (Lipinski definition) is 2. The van der Waals surface area contributed by atoms with Crippen molar-refractivity contribution in [3.05, 3.63) is 59.9 Å². The molecule has 0 saturated carbocycles. The minimum atomic E-state index is 0. The number of halogens is 1. The summed E-state index contributed by atoms with van der Waals surface area (Å²) in [5, 5.41) is 4.50. The Hall–Kier alpha value is -2.57. The molecule has 28 heavy (non-hydrogen) atoms. The van der Waals surface area contributed by atoms with E-state index < -0.39 is 0 Å². The lowest BCUT2D eigenvalue weighted by Gasteiger charge is -2.28. The number of likely N-dealkylation sites (tertiary alicyclic amines) is 1. The van der Waals surface area contributed by atoms with Gasteiger partial charge in [0.2, 0.25) is 0 Å². The van der Waals surface area contributed by atoms with Crippen LogP contribution < -0.4 is 10.1 Å². The molecule has 1 aromatic carbocycles. The van der Waals surface area contributed by atoms with Crippen LogP contribution in [0.15, 0.2) is 48.7 Å². The van der Waals surface area contributed by atoms with Crippen molar-refractivity contribution in [1.82, 2.24) is 20.2 Å². The largest absolute Gasteiger partial charge is 0.497 e. The van der Waals surface area contributed by atoms with E-state index in [1.165, 1.54) is 0 Å². The first-order chi connectivity index (χ1) is 13.2. The molecule has 2 N–H and O–H groups in total. The first-order valence-corrected chi connectivity index (χ1v) is 9.34. The standard InChI is InChI=1S/C21H22N4O2.ClH/c1-27-16-5-2-13(3-6-16)19-17-11-22-10-15(17)12-25(19)21(26)18-7-4-14-8-9-23-20(14)24-18;/h2-9,15,17,19,22H,10-12H2,1H3,(H,23,24);1H/t15-,17-,19-;/m0./s1. The Kier molecular flexibility index (Phi) is 5.00. The van der Waals surface area contributed by atoms with E-state index in [2.05, 4.69) is 27.4 Å². The van der Waals surface area contributed by atoms with Gasteiger partial charge in [0.15, 0.2) is 0 Å². The van der Waals surface area contributed by atoms with Crippen LogP contribution in [0.25, 0.3) is 11.0 Å². The van der Waals surface area contributed by atoms with Gasteiger partial charge < -0.3 is 19.9 Å². The number of aromatic amines is 1. The first-order valence-electron chi connectivity index (χ1n) is 9.34. The number of nitrogens with one attached hydrogen (secondary N) is 2. The fourth-order valence-electron chi connectivity index (χ4n) is 4.55. The number of H-pyrrole nitrogens is 1. The minimum absolute atomic E-state index is 0. The maximum Gasteiger partial charge on any atom is 0.273 e. The van der Waals surface area contributed by atoms with Gasteiger partial charge in [0.05, 0.1) is 13.2 Å². The molecular formula is C21H23ClN4O2. The monoisotopic (exact) mass is 398 g/mol. The van der Waals surface area contributed by atoms with Crippen molar-refractivity contribution in [3.8, 4) is 5.75 Å². The Morgan fingerprint density at radius 3 is 2.75 bits per heavy atom. The van der Waals surface area contributed by atoms with Crippen LogP contribution in [-0.2, 0) is 0 Å². The predicted octanol–water partition coefficient (Wildman–Crippen LogP) is 3.03. The highest BCUT2D eigenvalue weighted by Gasteiger charge is 2.47. The fourth-order valence-corrected chi connectivity index (χ4v) is 4.55. The number of ether oxygens (including phenoxy) is 1. The summed E-state index contributed by atoms with van der Waals surface area (Å²) in [5.41, 5.74) is 2.40. The number of methoxy groups -OCH3 is 1. The van der Waals surface area contributed by atoms with E-state index in [-0.39, 0.29) is 24.4 Å². The molecule has 2 aromatic heterocycles. The van der Waals surface area contributed by atoms with Crippen molar-refractivity contribution < 1.29 is 9.53 Å². The molecule has 0 aliphatic carbocycles. The van der Waals surface area contributed by atoms with Gasteiger partial charge in [-0.25, -0.2) is 4.98 Å². The molecule has 0 unspecified atom stereocenters. The molecule has 1 amide bonds. The number of rotatable bonds is 3. The number of fused-ring (bicyclic) bond motifs is 2. The molecule has 0 radical (unpaired) electrons. The second-order valence-electron chi connectivity index (χ2n) is 7.37. The van der Waals surface area contributed by atoms with Crippen LogP contribution >= 0.6 is 12.4 Å². The van der Waals surface area contributed by atoms with Crippen molar-refractivity contribution in [2.45, 2.75) is 6.04 Å². The van der Waals surface area contributed by atoms with E-state index in [4.69, 9.17) is 4.74 Å². The number of nitrogens with zero attached hydrogens (tertiary/aromatic N) is 2. The molecule has 2 saturated heterocycles. The highest BCUT2D eigenvalue weighted by Crippen LogP contribution is 2.43. The molecule has 4 heterocycles. The number of pyridine rings is 1. The Morgan fingerprint density at radius 2 is 1.96 bits per heavy atom. The SMILES string of the molecule is COc1ccc([C@H]2[C@H]3CNC[C@H]3CN2C(=O)c2ccc3cc[nH]c3n2)cc1.Cl. The topological polar surface area (TPSA) is 70.2 Å². The van der Waals surface area contributed by atoms with Gasteiger partial charge >= 0.3 is 0 Å². The van der Waals surface area contributed by atoms with Gasteiger partial charge in [-0.15, -0.1) is 12.4 Å².